The molecule has 2 rings (SSSR count). The second kappa shape index (κ2) is 5.54. The lowest BCUT2D eigenvalue weighted by Crippen LogP contribution is -2.03. The van der Waals surface area contributed by atoms with Crippen molar-refractivity contribution >= 4 is 48.7 Å². The van der Waals surface area contributed by atoms with Crippen LogP contribution in [-0.2, 0) is 23.6 Å². The number of rotatable bonds is 4. The number of carbonyl (C=O) groups is 1. The van der Waals surface area contributed by atoms with Crippen LogP contribution < -0.4 is 4.74 Å². The fourth-order valence-electron chi connectivity index (χ4n) is 2.24. The smallest absolute Gasteiger partial charge is 0.307 e. The van der Waals surface area contributed by atoms with E-state index in [9.17, 15) is 4.79 Å². The lowest BCUT2D eigenvalue weighted by molar-refractivity contribution is -0.136. The van der Waals surface area contributed by atoms with Crippen LogP contribution in [0.5, 0.6) is 5.75 Å². The molecule has 102 valence electrons. The van der Waals surface area contributed by atoms with Crippen LogP contribution in [0.1, 0.15) is 11.3 Å². The summed E-state index contributed by atoms with van der Waals surface area (Å²) in [6.45, 7) is 0. The summed E-state index contributed by atoms with van der Waals surface area (Å²) >= 11 is 6.88. The summed E-state index contributed by atoms with van der Waals surface area (Å²) in [6.07, 6.45) is 0.00304. The van der Waals surface area contributed by atoms with Gasteiger partial charge in [0.05, 0.1) is 18.0 Å². The Kier molecular flexibility index (Phi) is 4.20. The first kappa shape index (κ1) is 14.4. The summed E-state index contributed by atoms with van der Waals surface area (Å²) < 4.78 is 8.14. The van der Waals surface area contributed by atoms with E-state index in [0.29, 0.717) is 11.1 Å². The molecule has 0 unspecified atom stereocenters. The summed E-state index contributed by atoms with van der Waals surface area (Å²) in [5.41, 5.74) is 2.78. The molecule has 6 heteroatoms. The van der Waals surface area contributed by atoms with Crippen molar-refractivity contribution in [3.05, 3.63) is 27.9 Å². The normalized spacial score (nSPS) is 10.9. The van der Waals surface area contributed by atoms with Gasteiger partial charge >= 0.3 is 5.97 Å². The van der Waals surface area contributed by atoms with E-state index in [2.05, 4.69) is 31.9 Å². The Balaban J connectivity index is 2.79. The van der Waals surface area contributed by atoms with Crippen molar-refractivity contribution in [2.24, 2.45) is 7.05 Å². The summed E-state index contributed by atoms with van der Waals surface area (Å²) in [6, 6.07) is 3.83. The molecule has 1 N–H and O–H groups in total. The Hall–Kier alpha value is -1.01. The van der Waals surface area contributed by atoms with Crippen LogP contribution in [-0.4, -0.2) is 22.8 Å². The number of aliphatic carboxylic acids is 1. The fraction of sp³-hybridized carbons (Fsp3) is 0.308. The van der Waals surface area contributed by atoms with Gasteiger partial charge in [0.25, 0.3) is 0 Å². The van der Waals surface area contributed by atoms with E-state index in [0.717, 1.165) is 26.6 Å². The van der Waals surface area contributed by atoms with Gasteiger partial charge in [-0.1, -0.05) is 15.9 Å². The molecule has 4 nitrogen and oxygen atoms in total. The number of ether oxygens (including phenoxy) is 1. The highest BCUT2D eigenvalue weighted by Gasteiger charge is 2.18. The number of benzene rings is 1. The number of methoxy groups -OCH3 is 1. The molecule has 0 spiro atoms. The highest BCUT2D eigenvalue weighted by Crippen LogP contribution is 2.35. The molecular formula is C13H13Br2NO3. The van der Waals surface area contributed by atoms with E-state index < -0.39 is 5.97 Å². The average molecular weight is 391 g/mol. The van der Waals surface area contributed by atoms with E-state index in [1.807, 2.05) is 23.7 Å². The predicted octanol–water partition coefficient (Wildman–Crippen LogP) is 3.47. The van der Waals surface area contributed by atoms with E-state index in [4.69, 9.17) is 9.84 Å². The van der Waals surface area contributed by atoms with Crippen LogP contribution in [0.25, 0.3) is 10.9 Å². The monoisotopic (exact) mass is 389 g/mol. The molecule has 1 aromatic heterocycles. The Morgan fingerprint density at radius 3 is 2.68 bits per heavy atom. The van der Waals surface area contributed by atoms with Crippen molar-refractivity contribution in [3.63, 3.8) is 0 Å². The van der Waals surface area contributed by atoms with E-state index >= 15 is 0 Å². The Labute approximate surface area is 127 Å². The maximum atomic E-state index is 11.0. The number of aryl methyl sites for hydroxylation is 1. The van der Waals surface area contributed by atoms with Crippen molar-refractivity contribution < 1.29 is 14.6 Å². The number of fused-ring (bicyclic) bond motifs is 1. The quantitative estimate of drug-likeness (QED) is 0.813. The van der Waals surface area contributed by atoms with Crippen LogP contribution in [0.4, 0.5) is 0 Å². The minimum atomic E-state index is -0.836. The van der Waals surface area contributed by atoms with Crippen molar-refractivity contribution in [2.45, 2.75) is 11.8 Å². The van der Waals surface area contributed by atoms with Crippen LogP contribution >= 0.6 is 31.9 Å². The Morgan fingerprint density at radius 2 is 2.16 bits per heavy atom. The number of alkyl halides is 1. The van der Waals surface area contributed by atoms with Crippen LogP contribution in [0.3, 0.4) is 0 Å². The first-order chi connectivity index (χ1) is 8.99. The molecular weight excluding hydrogens is 378 g/mol. The van der Waals surface area contributed by atoms with Gasteiger partial charge in [0.2, 0.25) is 0 Å². The molecule has 0 aliphatic carbocycles. The van der Waals surface area contributed by atoms with Gasteiger partial charge in [-0.2, -0.15) is 0 Å². The van der Waals surface area contributed by atoms with Gasteiger partial charge in [-0.15, -0.1) is 0 Å². The number of aromatic nitrogens is 1. The second-order valence-electron chi connectivity index (χ2n) is 4.19. The van der Waals surface area contributed by atoms with E-state index in [1.54, 1.807) is 7.11 Å². The summed E-state index contributed by atoms with van der Waals surface area (Å²) in [5, 5.41) is 10.6. The summed E-state index contributed by atoms with van der Waals surface area (Å²) in [7, 11) is 3.53. The molecule has 0 aliphatic heterocycles. The van der Waals surface area contributed by atoms with Gasteiger partial charge in [-0.05, 0) is 33.6 Å². The zero-order valence-corrected chi connectivity index (χ0v) is 13.7. The van der Waals surface area contributed by atoms with Crippen molar-refractivity contribution in [3.8, 4) is 5.75 Å². The largest absolute Gasteiger partial charge is 0.496 e. The molecule has 0 saturated heterocycles. The third-order valence-electron chi connectivity index (χ3n) is 3.16. The Morgan fingerprint density at radius 1 is 1.47 bits per heavy atom. The number of carboxylic acids is 1. The third kappa shape index (κ3) is 2.51. The fourth-order valence-corrected chi connectivity index (χ4v) is 3.45. The number of carboxylic acid groups (broad SMARTS) is 1. The number of hydrogen-bond acceptors (Lipinski definition) is 2. The number of hydrogen-bond donors (Lipinski definition) is 1. The maximum Gasteiger partial charge on any atom is 0.307 e. The first-order valence-electron chi connectivity index (χ1n) is 5.61. The molecule has 2 aromatic rings. The Bertz CT molecular complexity index is 649. The van der Waals surface area contributed by atoms with Gasteiger partial charge < -0.3 is 14.4 Å². The summed E-state index contributed by atoms with van der Waals surface area (Å²) in [5.74, 6) is -0.137. The molecule has 0 atom stereocenters. The zero-order valence-electron chi connectivity index (χ0n) is 10.5. The molecule has 1 heterocycles. The van der Waals surface area contributed by atoms with E-state index in [1.165, 1.54) is 0 Å². The first-order valence-corrected chi connectivity index (χ1v) is 7.52. The molecule has 1 aromatic carbocycles. The lowest BCUT2D eigenvalue weighted by Gasteiger charge is -2.04. The molecule has 19 heavy (non-hydrogen) atoms. The van der Waals surface area contributed by atoms with Gasteiger partial charge in [0.15, 0.2) is 0 Å². The zero-order chi connectivity index (χ0) is 14.2. The molecule has 0 aliphatic rings. The van der Waals surface area contributed by atoms with Gasteiger partial charge in [0, 0.05) is 29.0 Å². The standard InChI is InChI=1S/C13H13Br2NO3/c1-16-10-5-9(15)12(19-2)3-7(10)8(4-13(17)18)11(16)6-14/h3,5H,4,6H2,1-2H3,(H,17,18). The van der Waals surface area contributed by atoms with Crippen LogP contribution in [0, 0.1) is 0 Å². The molecule has 0 bridgehead atoms. The number of halogens is 2. The highest BCUT2D eigenvalue weighted by molar-refractivity contribution is 9.10. The van der Waals surface area contributed by atoms with E-state index in [-0.39, 0.29) is 6.42 Å². The van der Waals surface area contributed by atoms with Gasteiger partial charge in [-0.25, -0.2) is 0 Å². The van der Waals surface area contributed by atoms with Crippen molar-refractivity contribution in [2.75, 3.05) is 7.11 Å². The SMILES string of the molecule is COc1cc2c(CC(=O)O)c(CBr)n(C)c2cc1Br. The minimum Gasteiger partial charge on any atom is -0.496 e. The predicted molar refractivity (Wildman–Crippen MR) is 81.1 cm³/mol. The minimum absolute atomic E-state index is 0.00304. The highest BCUT2D eigenvalue weighted by atomic mass is 79.9. The molecule has 0 saturated carbocycles. The van der Waals surface area contributed by atoms with Crippen LogP contribution in [0.15, 0.2) is 16.6 Å². The molecule has 0 fully saturated rings. The average Bonchev–Trinajstić information content (AvgIpc) is 2.60. The van der Waals surface area contributed by atoms with Crippen molar-refractivity contribution in [1.29, 1.82) is 0 Å². The maximum absolute atomic E-state index is 11.0. The van der Waals surface area contributed by atoms with Crippen molar-refractivity contribution in [1.82, 2.24) is 4.57 Å². The third-order valence-corrected chi connectivity index (χ3v) is 4.32. The topological polar surface area (TPSA) is 51.5 Å². The van der Waals surface area contributed by atoms with Crippen LogP contribution in [0.2, 0.25) is 0 Å². The summed E-state index contributed by atoms with van der Waals surface area (Å²) in [4.78, 5) is 11.0. The molecule has 0 amide bonds. The number of nitrogens with zero attached hydrogens (tertiary/aromatic N) is 1. The lowest BCUT2D eigenvalue weighted by atomic mass is 10.1. The van der Waals surface area contributed by atoms with Gasteiger partial charge in [-0.3, -0.25) is 4.79 Å². The second-order valence-corrected chi connectivity index (χ2v) is 5.61. The van der Waals surface area contributed by atoms with Gasteiger partial charge in [0.1, 0.15) is 5.75 Å². The molecule has 0 radical (unpaired) electrons.